The number of carboxylic acid groups (broad SMARTS) is 1. The maximum Gasteiger partial charge on any atom is 0.303 e. The van der Waals surface area contributed by atoms with Crippen LogP contribution in [0.15, 0.2) is 72.8 Å². The van der Waals surface area contributed by atoms with Gasteiger partial charge in [-0.2, -0.15) is 0 Å². The van der Waals surface area contributed by atoms with Gasteiger partial charge in [0.05, 0.1) is 18.8 Å². The van der Waals surface area contributed by atoms with E-state index in [-0.39, 0.29) is 24.5 Å². The molecule has 0 aliphatic heterocycles. The van der Waals surface area contributed by atoms with Crippen LogP contribution in [0.3, 0.4) is 0 Å². The maximum absolute atomic E-state index is 11.0. The monoisotopic (exact) mass is 493 g/mol. The molecule has 1 saturated carbocycles. The molecule has 1 fully saturated rings. The molecule has 1 aliphatic rings. The Morgan fingerprint density at radius 1 is 0.972 bits per heavy atom. The predicted octanol–water partition coefficient (Wildman–Crippen LogP) is 5.87. The van der Waals surface area contributed by atoms with Crippen molar-refractivity contribution in [2.24, 2.45) is 5.92 Å². The van der Waals surface area contributed by atoms with Crippen LogP contribution < -0.4 is 0 Å². The second-order valence-corrected chi connectivity index (χ2v) is 10.1. The van der Waals surface area contributed by atoms with Gasteiger partial charge in [0.25, 0.3) is 0 Å². The molecule has 0 aromatic heterocycles. The quantitative estimate of drug-likeness (QED) is 0.226. The van der Waals surface area contributed by atoms with E-state index in [2.05, 4.69) is 66.6 Å². The highest BCUT2D eigenvalue weighted by Crippen LogP contribution is 2.36. The number of likely N-dealkylation sites (N-methyl/N-ethyl adjacent to an activating group) is 1. The van der Waals surface area contributed by atoms with Gasteiger partial charge in [0, 0.05) is 24.8 Å². The Labute approximate surface area is 216 Å². The van der Waals surface area contributed by atoms with Gasteiger partial charge in [-0.1, -0.05) is 79.2 Å². The van der Waals surface area contributed by atoms with E-state index in [9.17, 15) is 9.90 Å². The first kappa shape index (κ1) is 28.1. The molecule has 0 bridgehead atoms. The van der Waals surface area contributed by atoms with Crippen molar-refractivity contribution in [3.05, 3.63) is 83.9 Å². The summed E-state index contributed by atoms with van der Waals surface area (Å²) in [7, 11) is 2.13. The number of benzene rings is 2. The fourth-order valence-corrected chi connectivity index (χ4v) is 5.34. The number of carbonyl (C=O) groups is 1. The molecule has 0 saturated heterocycles. The minimum atomic E-state index is -0.748. The van der Waals surface area contributed by atoms with E-state index in [1.807, 2.05) is 18.2 Å². The van der Waals surface area contributed by atoms with E-state index >= 15 is 0 Å². The number of ether oxygens (including phenoxy) is 1. The Morgan fingerprint density at radius 3 is 2.36 bits per heavy atom. The van der Waals surface area contributed by atoms with Crippen molar-refractivity contribution in [1.29, 1.82) is 0 Å². The maximum atomic E-state index is 11.0. The number of aliphatic hydroxyl groups is 1. The third-order valence-corrected chi connectivity index (χ3v) is 7.26. The lowest BCUT2D eigenvalue weighted by Gasteiger charge is -2.33. The molecule has 2 aromatic rings. The van der Waals surface area contributed by atoms with Crippen LogP contribution in [-0.4, -0.2) is 52.9 Å². The molecule has 4 atom stereocenters. The number of aliphatic hydroxyl groups excluding tert-OH is 1. The Hall–Kier alpha value is -2.47. The standard InChI is InChI=1S/C31H43NO4/c1-32(22-14-6-11-17-25-15-7-4-8-16-25)31-27(20-12-2-3-13-21-30(34)35)29(23-28(31)33)36-24-26-18-9-5-10-19-26/h2,4-5,7-10,12,15-16,18-19,27-29,31,33H,3,6,11,13-14,17,20-24H2,1H3,(H,34,35)/b12-2-/t27-,28+,29-,31+/m0/s1. The fourth-order valence-electron chi connectivity index (χ4n) is 5.34. The van der Waals surface area contributed by atoms with Crippen LogP contribution in [0.1, 0.15) is 62.5 Å². The summed E-state index contributed by atoms with van der Waals surface area (Å²) in [5.74, 6) is -0.545. The Morgan fingerprint density at radius 2 is 1.67 bits per heavy atom. The first-order valence-electron chi connectivity index (χ1n) is 13.5. The third-order valence-electron chi connectivity index (χ3n) is 7.26. The Balaban J connectivity index is 1.52. The predicted molar refractivity (Wildman–Crippen MR) is 145 cm³/mol. The van der Waals surface area contributed by atoms with Gasteiger partial charge in [0.1, 0.15) is 0 Å². The zero-order valence-electron chi connectivity index (χ0n) is 21.7. The van der Waals surface area contributed by atoms with Crippen molar-refractivity contribution < 1.29 is 19.7 Å². The number of nitrogens with zero attached hydrogens (tertiary/aromatic N) is 1. The van der Waals surface area contributed by atoms with Gasteiger partial charge in [-0.05, 0) is 63.2 Å². The van der Waals surface area contributed by atoms with Gasteiger partial charge in [-0.3, -0.25) is 4.79 Å². The lowest BCUT2D eigenvalue weighted by molar-refractivity contribution is -0.137. The van der Waals surface area contributed by atoms with Gasteiger partial charge < -0.3 is 19.8 Å². The van der Waals surface area contributed by atoms with Crippen molar-refractivity contribution in [2.45, 2.75) is 82.6 Å². The van der Waals surface area contributed by atoms with E-state index in [1.165, 1.54) is 18.4 Å². The summed E-state index contributed by atoms with van der Waals surface area (Å²) >= 11 is 0. The molecular weight excluding hydrogens is 450 g/mol. The van der Waals surface area contributed by atoms with Crippen molar-refractivity contribution >= 4 is 5.97 Å². The number of rotatable bonds is 16. The average Bonchev–Trinajstić information content (AvgIpc) is 3.20. The van der Waals surface area contributed by atoms with Crippen molar-refractivity contribution in [1.82, 2.24) is 4.90 Å². The van der Waals surface area contributed by atoms with Crippen LogP contribution in [0, 0.1) is 5.92 Å². The lowest BCUT2D eigenvalue weighted by Crippen LogP contribution is -2.43. The van der Waals surface area contributed by atoms with E-state index in [0.29, 0.717) is 19.4 Å². The molecule has 0 spiro atoms. The van der Waals surface area contributed by atoms with Gasteiger partial charge in [0.2, 0.25) is 0 Å². The fraction of sp³-hybridized carbons (Fsp3) is 0.516. The summed E-state index contributed by atoms with van der Waals surface area (Å²) in [5, 5.41) is 19.9. The number of unbranched alkanes of at least 4 members (excludes halogenated alkanes) is 3. The molecular formula is C31H43NO4. The van der Waals surface area contributed by atoms with Gasteiger partial charge >= 0.3 is 5.97 Å². The van der Waals surface area contributed by atoms with Crippen LogP contribution in [0.2, 0.25) is 0 Å². The molecule has 0 radical (unpaired) electrons. The number of aliphatic carboxylic acids is 1. The van der Waals surface area contributed by atoms with Crippen LogP contribution in [0.5, 0.6) is 0 Å². The summed E-state index contributed by atoms with van der Waals surface area (Å²) in [5.41, 5.74) is 2.54. The topological polar surface area (TPSA) is 70.0 Å². The molecule has 5 heteroatoms. The summed E-state index contributed by atoms with van der Waals surface area (Å²) in [6, 6.07) is 20.9. The number of carboxylic acids is 1. The molecule has 0 heterocycles. The minimum Gasteiger partial charge on any atom is -0.481 e. The second kappa shape index (κ2) is 15.6. The van der Waals surface area contributed by atoms with E-state index in [4.69, 9.17) is 9.84 Å². The van der Waals surface area contributed by atoms with E-state index in [1.54, 1.807) is 0 Å². The Bertz CT molecular complexity index is 901. The zero-order chi connectivity index (χ0) is 25.6. The number of allylic oxidation sites excluding steroid dienone is 2. The number of hydrogen-bond donors (Lipinski definition) is 2. The molecule has 5 nitrogen and oxygen atoms in total. The highest BCUT2D eigenvalue weighted by atomic mass is 16.5. The van der Waals surface area contributed by atoms with Gasteiger partial charge in [0.15, 0.2) is 0 Å². The second-order valence-electron chi connectivity index (χ2n) is 10.1. The van der Waals surface area contributed by atoms with E-state index < -0.39 is 12.1 Å². The SMILES string of the molecule is CN(CCCCCc1ccccc1)[C@@H]1[C@@H](C/C=C\CCCC(=O)O)[C@@H](OCc2ccccc2)C[C@H]1O. The lowest BCUT2D eigenvalue weighted by atomic mass is 9.95. The minimum absolute atomic E-state index is 0.00518. The highest BCUT2D eigenvalue weighted by Gasteiger charge is 2.44. The van der Waals surface area contributed by atoms with Crippen LogP contribution in [-0.2, 0) is 22.6 Å². The highest BCUT2D eigenvalue weighted by molar-refractivity contribution is 5.66. The summed E-state index contributed by atoms with van der Waals surface area (Å²) < 4.78 is 6.36. The van der Waals surface area contributed by atoms with Crippen LogP contribution >= 0.6 is 0 Å². The van der Waals surface area contributed by atoms with E-state index in [0.717, 1.165) is 37.8 Å². The van der Waals surface area contributed by atoms with Crippen molar-refractivity contribution in [3.8, 4) is 0 Å². The summed E-state index contributed by atoms with van der Waals surface area (Å²) in [6.45, 7) is 1.51. The molecule has 1 aliphatic carbocycles. The average molecular weight is 494 g/mol. The molecule has 2 aromatic carbocycles. The first-order chi connectivity index (χ1) is 17.5. The Kier molecular flexibility index (Phi) is 12.2. The molecule has 36 heavy (non-hydrogen) atoms. The smallest absolute Gasteiger partial charge is 0.303 e. The summed E-state index contributed by atoms with van der Waals surface area (Å²) in [6.07, 6.45) is 11.5. The van der Waals surface area contributed by atoms with Crippen LogP contribution in [0.4, 0.5) is 0 Å². The number of aryl methyl sites for hydroxylation is 1. The molecule has 196 valence electrons. The van der Waals surface area contributed by atoms with Gasteiger partial charge in [-0.25, -0.2) is 0 Å². The molecule has 2 N–H and O–H groups in total. The third kappa shape index (κ3) is 9.53. The number of hydrogen-bond acceptors (Lipinski definition) is 4. The summed E-state index contributed by atoms with van der Waals surface area (Å²) in [4.78, 5) is 13.1. The van der Waals surface area contributed by atoms with Crippen molar-refractivity contribution in [2.75, 3.05) is 13.6 Å². The van der Waals surface area contributed by atoms with Crippen molar-refractivity contribution in [3.63, 3.8) is 0 Å². The zero-order valence-corrected chi connectivity index (χ0v) is 21.7. The first-order valence-corrected chi connectivity index (χ1v) is 13.5. The largest absolute Gasteiger partial charge is 0.481 e. The molecule has 0 amide bonds. The molecule has 3 rings (SSSR count). The van der Waals surface area contributed by atoms with Gasteiger partial charge in [-0.15, -0.1) is 0 Å². The normalized spacial score (nSPS) is 22.0. The van der Waals surface area contributed by atoms with Crippen LogP contribution in [0.25, 0.3) is 0 Å². The molecule has 0 unspecified atom stereocenters.